The minimum absolute atomic E-state index is 0.424. The van der Waals surface area contributed by atoms with E-state index in [0.29, 0.717) is 10.6 Å². The lowest BCUT2D eigenvalue weighted by molar-refractivity contribution is 0.100. The fraction of sp³-hybridized carbons (Fsp3) is 0.111. The Balaban J connectivity index is 2.50. The molecule has 0 spiro atoms. The first kappa shape index (κ1) is 9.72. The molecule has 0 fully saturated rings. The molecule has 0 saturated heterocycles. The van der Waals surface area contributed by atoms with Gasteiger partial charge in [-0.1, -0.05) is 0 Å². The first-order valence-corrected chi connectivity index (χ1v) is 5.08. The summed E-state index contributed by atoms with van der Waals surface area (Å²) in [6.07, 6.45) is 1.58. The zero-order valence-corrected chi connectivity index (χ0v) is 8.91. The summed E-state index contributed by atoms with van der Waals surface area (Å²) in [6.45, 7) is 0. The van der Waals surface area contributed by atoms with E-state index in [1.54, 1.807) is 24.0 Å². The van der Waals surface area contributed by atoms with E-state index in [2.05, 4.69) is 5.10 Å². The summed E-state index contributed by atoms with van der Waals surface area (Å²) >= 11 is 1.31. The molecule has 2 rings (SSSR count). The summed E-state index contributed by atoms with van der Waals surface area (Å²) in [5.74, 6) is -0.424. The third-order valence-electron chi connectivity index (χ3n) is 2.05. The molecule has 0 radical (unpaired) electrons. The van der Waals surface area contributed by atoms with Crippen molar-refractivity contribution >= 4 is 22.9 Å². The van der Waals surface area contributed by atoms with E-state index >= 15 is 0 Å². The van der Waals surface area contributed by atoms with E-state index in [1.807, 2.05) is 6.07 Å². The summed E-state index contributed by atoms with van der Waals surface area (Å²) < 4.78 is 1.67. The highest BCUT2D eigenvalue weighted by molar-refractivity contribution is 7.17. The van der Waals surface area contributed by atoms with E-state index in [9.17, 15) is 4.79 Å². The molecule has 4 N–H and O–H groups in total. The molecule has 2 heterocycles. The van der Waals surface area contributed by atoms with Gasteiger partial charge >= 0.3 is 0 Å². The van der Waals surface area contributed by atoms with Crippen LogP contribution in [0.2, 0.25) is 0 Å². The second-order valence-corrected chi connectivity index (χ2v) is 4.18. The van der Waals surface area contributed by atoms with Crippen LogP contribution in [0.1, 0.15) is 9.67 Å². The zero-order valence-electron chi connectivity index (χ0n) is 8.10. The van der Waals surface area contributed by atoms with Gasteiger partial charge in [-0.3, -0.25) is 9.48 Å². The maximum atomic E-state index is 10.9. The van der Waals surface area contributed by atoms with Crippen molar-refractivity contribution in [1.82, 2.24) is 9.78 Å². The number of thiophene rings is 1. The van der Waals surface area contributed by atoms with E-state index in [-0.39, 0.29) is 0 Å². The Morgan fingerprint density at radius 1 is 1.53 bits per heavy atom. The summed E-state index contributed by atoms with van der Waals surface area (Å²) in [6, 6.07) is 3.51. The van der Waals surface area contributed by atoms with Crippen molar-refractivity contribution in [2.75, 3.05) is 5.73 Å². The minimum Gasteiger partial charge on any atom is -0.396 e. The lowest BCUT2D eigenvalue weighted by Crippen LogP contribution is -2.08. The number of anilines is 1. The zero-order chi connectivity index (χ0) is 11.0. The monoisotopic (exact) mass is 222 g/mol. The molecule has 0 aromatic carbocycles. The lowest BCUT2D eigenvalue weighted by atomic mass is 10.3. The van der Waals surface area contributed by atoms with Crippen molar-refractivity contribution in [1.29, 1.82) is 0 Å². The van der Waals surface area contributed by atoms with Gasteiger partial charge in [-0.15, -0.1) is 11.3 Å². The van der Waals surface area contributed by atoms with Gasteiger partial charge in [0.15, 0.2) is 0 Å². The van der Waals surface area contributed by atoms with Crippen molar-refractivity contribution < 1.29 is 4.79 Å². The Labute approximate surface area is 90.3 Å². The highest BCUT2D eigenvalue weighted by atomic mass is 32.1. The van der Waals surface area contributed by atoms with Crippen LogP contribution in [0.15, 0.2) is 18.3 Å². The number of aryl methyl sites for hydroxylation is 1. The molecular weight excluding hydrogens is 212 g/mol. The lowest BCUT2D eigenvalue weighted by Gasteiger charge is -1.98. The number of nitrogens with two attached hydrogens (primary N) is 2. The number of aromatic nitrogens is 2. The van der Waals surface area contributed by atoms with Crippen LogP contribution in [0.3, 0.4) is 0 Å². The Hall–Kier alpha value is -1.82. The van der Waals surface area contributed by atoms with Gasteiger partial charge in [0, 0.05) is 7.05 Å². The molecule has 0 saturated carbocycles. The highest BCUT2D eigenvalue weighted by Crippen LogP contribution is 2.31. The molecule has 2 aromatic rings. The van der Waals surface area contributed by atoms with Crippen molar-refractivity contribution in [3.8, 4) is 10.6 Å². The summed E-state index contributed by atoms with van der Waals surface area (Å²) in [4.78, 5) is 12.3. The fourth-order valence-corrected chi connectivity index (χ4v) is 2.31. The number of rotatable bonds is 2. The van der Waals surface area contributed by atoms with E-state index < -0.39 is 5.91 Å². The summed E-state index contributed by atoms with van der Waals surface area (Å²) in [5.41, 5.74) is 12.3. The van der Waals surface area contributed by atoms with Gasteiger partial charge in [-0.05, 0) is 12.1 Å². The Morgan fingerprint density at radius 2 is 2.27 bits per heavy atom. The fourth-order valence-electron chi connectivity index (χ4n) is 1.35. The topological polar surface area (TPSA) is 86.9 Å². The average Bonchev–Trinajstić information content (AvgIpc) is 2.73. The molecular formula is C9H10N4OS. The molecule has 5 nitrogen and oxygen atoms in total. The van der Waals surface area contributed by atoms with Gasteiger partial charge in [0.1, 0.15) is 5.69 Å². The number of carbonyl (C=O) groups is 1. The number of amides is 1. The van der Waals surface area contributed by atoms with Crippen molar-refractivity contribution in [3.05, 3.63) is 23.2 Å². The van der Waals surface area contributed by atoms with Gasteiger partial charge in [-0.25, -0.2) is 0 Å². The van der Waals surface area contributed by atoms with Gasteiger partial charge in [0.2, 0.25) is 0 Å². The van der Waals surface area contributed by atoms with E-state index in [0.717, 1.165) is 10.6 Å². The van der Waals surface area contributed by atoms with Crippen molar-refractivity contribution in [2.45, 2.75) is 0 Å². The third-order valence-corrected chi connectivity index (χ3v) is 3.16. The summed E-state index contributed by atoms with van der Waals surface area (Å²) in [7, 11) is 1.80. The molecule has 0 aliphatic heterocycles. The van der Waals surface area contributed by atoms with Crippen LogP contribution in [-0.4, -0.2) is 15.7 Å². The number of hydrogen-bond acceptors (Lipinski definition) is 4. The number of primary amides is 1. The van der Waals surface area contributed by atoms with Gasteiger partial charge in [0.25, 0.3) is 5.91 Å². The molecule has 0 unspecified atom stereocenters. The van der Waals surface area contributed by atoms with Crippen molar-refractivity contribution in [3.63, 3.8) is 0 Å². The molecule has 0 aliphatic rings. The first-order chi connectivity index (χ1) is 7.09. The molecule has 15 heavy (non-hydrogen) atoms. The predicted molar refractivity (Wildman–Crippen MR) is 59.5 cm³/mol. The van der Waals surface area contributed by atoms with Crippen LogP contribution in [0.4, 0.5) is 5.69 Å². The largest absolute Gasteiger partial charge is 0.396 e. The standard InChI is InChI=1S/C9H10N4OS/c1-13-8(5(10)4-12-13)6-2-3-7(15-6)9(11)14/h2-4H,10H2,1H3,(H2,11,14). The second-order valence-electron chi connectivity index (χ2n) is 3.10. The summed E-state index contributed by atoms with van der Waals surface area (Å²) in [5, 5.41) is 4.03. The number of carbonyl (C=O) groups excluding carboxylic acids is 1. The maximum absolute atomic E-state index is 10.9. The highest BCUT2D eigenvalue weighted by Gasteiger charge is 2.12. The molecule has 0 bridgehead atoms. The molecule has 0 aliphatic carbocycles. The number of nitrogen functional groups attached to an aromatic ring is 1. The predicted octanol–water partition coefficient (Wildman–Crippen LogP) is 0.830. The SMILES string of the molecule is Cn1ncc(N)c1-c1ccc(C(N)=O)s1. The van der Waals surface area contributed by atoms with E-state index in [1.165, 1.54) is 11.3 Å². The van der Waals surface area contributed by atoms with Crippen LogP contribution < -0.4 is 11.5 Å². The quantitative estimate of drug-likeness (QED) is 0.789. The average molecular weight is 222 g/mol. The molecule has 6 heteroatoms. The van der Waals surface area contributed by atoms with Crippen LogP contribution in [0.5, 0.6) is 0 Å². The Morgan fingerprint density at radius 3 is 2.73 bits per heavy atom. The normalized spacial score (nSPS) is 10.5. The Kier molecular flexibility index (Phi) is 2.20. The van der Waals surface area contributed by atoms with Crippen LogP contribution in [0, 0.1) is 0 Å². The van der Waals surface area contributed by atoms with Crippen LogP contribution in [-0.2, 0) is 7.05 Å². The molecule has 1 amide bonds. The van der Waals surface area contributed by atoms with Gasteiger partial charge in [-0.2, -0.15) is 5.10 Å². The minimum atomic E-state index is -0.424. The second kappa shape index (κ2) is 3.39. The molecule has 78 valence electrons. The van der Waals surface area contributed by atoms with Crippen molar-refractivity contribution in [2.24, 2.45) is 12.8 Å². The van der Waals surface area contributed by atoms with Crippen LogP contribution >= 0.6 is 11.3 Å². The first-order valence-electron chi connectivity index (χ1n) is 4.27. The maximum Gasteiger partial charge on any atom is 0.258 e. The smallest absolute Gasteiger partial charge is 0.258 e. The number of nitrogens with zero attached hydrogens (tertiary/aromatic N) is 2. The molecule has 0 atom stereocenters. The van der Waals surface area contributed by atoms with Crippen LogP contribution in [0.25, 0.3) is 10.6 Å². The molecule has 2 aromatic heterocycles. The van der Waals surface area contributed by atoms with Gasteiger partial charge < -0.3 is 11.5 Å². The Bertz CT molecular complexity index is 494. The third kappa shape index (κ3) is 1.59. The van der Waals surface area contributed by atoms with Gasteiger partial charge in [0.05, 0.1) is 21.6 Å². The number of hydrogen-bond donors (Lipinski definition) is 2. The van der Waals surface area contributed by atoms with E-state index in [4.69, 9.17) is 11.5 Å².